The molecule has 0 aliphatic carbocycles. The molecule has 0 atom stereocenters. The largest absolute Gasteiger partial charge is 0.497 e. The number of benzene rings is 3. The van der Waals surface area contributed by atoms with Crippen LogP contribution in [0.2, 0.25) is 5.02 Å². The minimum absolute atomic E-state index is 0.301. The summed E-state index contributed by atoms with van der Waals surface area (Å²) in [6.45, 7) is 2.91. The van der Waals surface area contributed by atoms with Crippen LogP contribution in [0.4, 0.5) is 16.3 Å². The number of halogens is 1. The highest BCUT2D eigenvalue weighted by Gasteiger charge is 2.10. The molecule has 0 saturated carbocycles. The summed E-state index contributed by atoms with van der Waals surface area (Å²) < 4.78 is 5.17. The van der Waals surface area contributed by atoms with E-state index in [1.54, 1.807) is 19.2 Å². The SMILES string of the molecule is COc1cccc(NC(=O)NCCNc2nc(-c3ccc(C)cc3)nc3cc(Cl)ccc23)c1. The molecule has 7 nitrogen and oxygen atoms in total. The van der Waals surface area contributed by atoms with Crippen molar-refractivity contribution in [1.29, 1.82) is 0 Å². The molecule has 0 aliphatic rings. The summed E-state index contributed by atoms with van der Waals surface area (Å²) >= 11 is 6.19. The first-order valence-corrected chi connectivity index (χ1v) is 10.9. The van der Waals surface area contributed by atoms with E-state index in [4.69, 9.17) is 21.3 Å². The van der Waals surface area contributed by atoms with Crippen LogP contribution >= 0.6 is 11.6 Å². The fraction of sp³-hybridized carbons (Fsp3) is 0.160. The molecule has 0 bridgehead atoms. The van der Waals surface area contributed by atoms with Crippen LogP contribution < -0.4 is 20.7 Å². The molecule has 1 heterocycles. The number of nitrogens with one attached hydrogen (secondary N) is 3. The zero-order valence-electron chi connectivity index (χ0n) is 18.4. The Morgan fingerprint density at radius 1 is 1.00 bits per heavy atom. The number of carbonyl (C=O) groups excluding carboxylic acids is 1. The Morgan fingerprint density at radius 3 is 2.61 bits per heavy atom. The molecule has 0 saturated heterocycles. The first-order chi connectivity index (χ1) is 16.0. The van der Waals surface area contributed by atoms with E-state index in [-0.39, 0.29) is 6.03 Å². The van der Waals surface area contributed by atoms with Crippen LogP contribution in [0.5, 0.6) is 5.75 Å². The predicted octanol–water partition coefficient (Wildman–Crippen LogP) is 5.50. The van der Waals surface area contributed by atoms with Gasteiger partial charge in [-0.1, -0.05) is 47.5 Å². The normalized spacial score (nSPS) is 10.6. The van der Waals surface area contributed by atoms with Gasteiger partial charge in [0.1, 0.15) is 11.6 Å². The van der Waals surface area contributed by atoms with Crippen LogP contribution in [0.3, 0.4) is 0 Å². The quantitative estimate of drug-likeness (QED) is 0.316. The number of fused-ring (bicyclic) bond motifs is 1. The first-order valence-electron chi connectivity index (χ1n) is 10.5. The molecule has 1 aromatic heterocycles. The molecule has 3 aromatic carbocycles. The third-order valence-electron chi connectivity index (χ3n) is 5.00. The predicted molar refractivity (Wildman–Crippen MR) is 133 cm³/mol. The van der Waals surface area contributed by atoms with Gasteiger partial charge in [0.25, 0.3) is 0 Å². The number of methoxy groups -OCH3 is 1. The van der Waals surface area contributed by atoms with E-state index in [2.05, 4.69) is 20.9 Å². The zero-order chi connectivity index (χ0) is 23.2. The smallest absolute Gasteiger partial charge is 0.319 e. The minimum atomic E-state index is -0.301. The average molecular weight is 462 g/mol. The van der Waals surface area contributed by atoms with E-state index in [0.29, 0.717) is 41.2 Å². The van der Waals surface area contributed by atoms with Crippen molar-refractivity contribution in [3.63, 3.8) is 0 Å². The van der Waals surface area contributed by atoms with E-state index in [1.165, 1.54) is 5.56 Å². The molecule has 0 aliphatic heterocycles. The van der Waals surface area contributed by atoms with Gasteiger partial charge < -0.3 is 20.7 Å². The van der Waals surface area contributed by atoms with Crippen LogP contribution in [0.1, 0.15) is 5.56 Å². The van der Waals surface area contributed by atoms with Crippen LogP contribution in [0.15, 0.2) is 66.7 Å². The fourth-order valence-electron chi connectivity index (χ4n) is 3.30. The number of aryl methyl sites for hydroxylation is 1. The van der Waals surface area contributed by atoms with Gasteiger partial charge in [0.2, 0.25) is 0 Å². The van der Waals surface area contributed by atoms with E-state index < -0.39 is 0 Å². The summed E-state index contributed by atoms with van der Waals surface area (Å²) in [5.41, 5.74) is 3.49. The number of anilines is 2. The first kappa shape index (κ1) is 22.4. The number of ether oxygens (including phenoxy) is 1. The van der Waals surface area contributed by atoms with E-state index >= 15 is 0 Å². The van der Waals surface area contributed by atoms with E-state index in [0.717, 1.165) is 16.5 Å². The summed E-state index contributed by atoms with van der Waals surface area (Å²) in [4.78, 5) is 21.6. The van der Waals surface area contributed by atoms with Gasteiger partial charge in [0.15, 0.2) is 5.82 Å². The maximum Gasteiger partial charge on any atom is 0.319 e. The van der Waals surface area contributed by atoms with Crippen LogP contribution in [0.25, 0.3) is 22.3 Å². The molecule has 8 heteroatoms. The third kappa shape index (κ3) is 5.70. The molecule has 0 radical (unpaired) electrons. The second kappa shape index (κ2) is 10.2. The Bertz CT molecular complexity index is 1280. The average Bonchev–Trinajstić information content (AvgIpc) is 2.82. The molecule has 4 aromatic rings. The van der Waals surface area contributed by atoms with Gasteiger partial charge in [-0.2, -0.15) is 0 Å². The molecule has 168 valence electrons. The summed E-state index contributed by atoms with van der Waals surface area (Å²) in [6, 6.07) is 20.4. The highest BCUT2D eigenvalue weighted by molar-refractivity contribution is 6.31. The molecule has 0 fully saturated rings. The maximum absolute atomic E-state index is 12.2. The van der Waals surface area contributed by atoms with Gasteiger partial charge in [0, 0.05) is 40.8 Å². The number of amides is 2. The van der Waals surface area contributed by atoms with E-state index in [9.17, 15) is 4.79 Å². The Labute approximate surface area is 197 Å². The Hall–Kier alpha value is -3.84. The van der Waals surface area contributed by atoms with Crippen molar-refractivity contribution >= 4 is 40.0 Å². The number of rotatable bonds is 7. The van der Waals surface area contributed by atoms with Crippen LogP contribution in [-0.2, 0) is 0 Å². The standard InChI is InChI=1S/C25H24ClN5O2/c1-16-6-8-17(9-7-16)23-30-22-14-18(26)10-11-21(22)24(31-23)27-12-13-28-25(32)29-19-4-3-5-20(15-19)33-2/h3-11,14-15H,12-13H2,1-2H3,(H,27,30,31)(H2,28,29,32). The third-order valence-corrected chi connectivity index (χ3v) is 5.23. The van der Waals surface area contributed by atoms with Crippen molar-refractivity contribution in [2.24, 2.45) is 0 Å². The van der Waals surface area contributed by atoms with Crippen molar-refractivity contribution in [2.75, 3.05) is 30.8 Å². The number of aromatic nitrogens is 2. The zero-order valence-corrected chi connectivity index (χ0v) is 19.1. The molecule has 0 spiro atoms. The lowest BCUT2D eigenvalue weighted by molar-refractivity contribution is 0.252. The lowest BCUT2D eigenvalue weighted by Crippen LogP contribution is -2.32. The summed E-state index contributed by atoms with van der Waals surface area (Å²) in [6.07, 6.45) is 0. The van der Waals surface area contributed by atoms with Gasteiger partial charge >= 0.3 is 6.03 Å². The number of nitrogens with zero attached hydrogens (tertiary/aromatic N) is 2. The Kier molecular flexibility index (Phi) is 6.90. The summed E-state index contributed by atoms with van der Waals surface area (Å²) in [5, 5.41) is 10.4. The fourth-order valence-corrected chi connectivity index (χ4v) is 3.47. The summed E-state index contributed by atoms with van der Waals surface area (Å²) in [7, 11) is 1.58. The molecule has 33 heavy (non-hydrogen) atoms. The van der Waals surface area contributed by atoms with Gasteiger partial charge in [-0.15, -0.1) is 0 Å². The highest BCUT2D eigenvalue weighted by atomic mass is 35.5. The molecule has 0 unspecified atom stereocenters. The van der Waals surface area contributed by atoms with Gasteiger partial charge in [-0.25, -0.2) is 14.8 Å². The van der Waals surface area contributed by atoms with Gasteiger partial charge in [-0.3, -0.25) is 0 Å². The topological polar surface area (TPSA) is 88.2 Å². The van der Waals surface area contributed by atoms with Crippen molar-refractivity contribution in [3.8, 4) is 17.1 Å². The van der Waals surface area contributed by atoms with Crippen molar-refractivity contribution in [1.82, 2.24) is 15.3 Å². The molecular formula is C25H24ClN5O2. The van der Waals surface area contributed by atoms with Gasteiger partial charge in [0.05, 0.1) is 12.6 Å². The maximum atomic E-state index is 12.2. The number of urea groups is 1. The highest BCUT2D eigenvalue weighted by Crippen LogP contribution is 2.27. The second-order valence-electron chi connectivity index (χ2n) is 7.46. The van der Waals surface area contributed by atoms with Crippen LogP contribution in [0, 0.1) is 6.92 Å². The molecule has 4 rings (SSSR count). The number of carbonyl (C=O) groups is 1. The Morgan fingerprint density at radius 2 is 1.82 bits per heavy atom. The van der Waals surface area contributed by atoms with Crippen LogP contribution in [-0.4, -0.2) is 36.2 Å². The second-order valence-corrected chi connectivity index (χ2v) is 7.90. The number of hydrogen-bond donors (Lipinski definition) is 3. The van der Waals surface area contributed by atoms with Crippen molar-refractivity contribution in [2.45, 2.75) is 6.92 Å². The van der Waals surface area contributed by atoms with Crippen molar-refractivity contribution in [3.05, 3.63) is 77.3 Å². The number of hydrogen-bond acceptors (Lipinski definition) is 5. The summed E-state index contributed by atoms with van der Waals surface area (Å²) in [5.74, 6) is 1.97. The van der Waals surface area contributed by atoms with E-state index in [1.807, 2.05) is 61.5 Å². The Balaban J connectivity index is 1.44. The van der Waals surface area contributed by atoms with Crippen molar-refractivity contribution < 1.29 is 9.53 Å². The molecule has 2 amide bonds. The van der Waals surface area contributed by atoms with Gasteiger partial charge in [-0.05, 0) is 37.3 Å². The lowest BCUT2D eigenvalue weighted by Gasteiger charge is -2.12. The molecular weight excluding hydrogens is 438 g/mol. The molecule has 3 N–H and O–H groups in total. The lowest BCUT2D eigenvalue weighted by atomic mass is 10.1. The minimum Gasteiger partial charge on any atom is -0.497 e. The monoisotopic (exact) mass is 461 g/mol.